The van der Waals surface area contributed by atoms with Crippen molar-refractivity contribution >= 4 is 17.3 Å². The van der Waals surface area contributed by atoms with Gasteiger partial charge in [-0.05, 0) is 24.6 Å². The number of aromatic nitrogens is 2. The van der Waals surface area contributed by atoms with Crippen LogP contribution in [0.5, 0.6) is 0 Å². The molecule has 2 rings (SSSR count). The minimum Gasteiger partial charge on any atom is -0.397 e. The Morgan fingerprint density at radius 1 is 1.53 bits per heavy atom. The van der Waals surface area contributed by atoms with E-state index in [1.807, 2.05) is 10.6 Å². The fourth-order valence-electron chi connectivity index (χ4n) is 1.98. The van der Waals surface area contributed by atoms with Crippen LogP contribution in [0.25, 0.3) is 0 Å². The molecule has 0 fully saturated rings. The second kappa shape index (κ2) is 5.56. The van der Waals surface area contributed by atoms with E-state index >= 15 is 0 Å². The minimum absolute atomic E-state index is 0.0850. The maximum absolute atomic E-state index is 12.5. The van der Waals surface area contributed by atoms with Crippen LogP contribution in [-0.2, 0) is 6.54 Å². The number of aryl methyl sites for hydroxylation is 1. The first kappa shape index (κ1) is 13.1. The van der Waals surface area contributed by atoms with Gasteiger partial charge in [0.15, 0.2) is 0 Å². The smallest absolute Gasteiger partial charge is 0.274 e. The van der Waals surface area contributed by atoms with E-state index < -0.39 is 0 Å². The Morgan fingerprint density at radius 2 is 2.32 bits per heavy atom. The van der Waals surface area contributed by atoms with E-state index in [9.17, 15) is 4.79 Å². The van der Waals surface area contributed by atoms with Crippen LogP contribution in [0.1, 0.15) is 23.8 Å². The SMILES string of the molecule is CCCn1cc(N)cc1C(=O)N(C)c1cccnc1. The normalized spacial score (nSPS) is 10.4. The average Bonchev–Trinajstić information content (AvgIpc) is 2.79. The zero-order valence-corrected chi connectivity index (χ0v) is 11.2. The lowest BCUT2D eigenvalue weighted by molar-refractivity contribution is 0.0984. The first-order chi connectivity index (χ1) is 9.13. The fourth-order valence-corrected chi connectivity index (χ4v) is 1.98. The molecular formula is C14H18N4O. The second-order valence-corrected chi connectivity index (χ2v) is 4.43. The summed E-state index contributed by atoms with van der Waals surface area (Å²) in [5.41, 5.74) is 7.75. The Hall–Kier alpha value is -2.30. The molecule has 100 valence electrons. The molecule has 0 spiro atoms. The van der Waals surface area contributed by atoms with E-state index in [-0.39, 0.29) is 5.91 Å². The third kappa shape index (κ3) is 2.76. The van der Waals surface area contributed by atoms with Crippen molar-refractivity contribution in [1.82, 2.24) is 9.55 Å². The maximum atomic E-state index is 12.5. The van der Waals surface area contributed by atoms with Gasteiger partial charge in [-0.3, -0.25) is 9.78 Å². The van der Waals surface area contributed by atoms with Gasteiger partial charge in [-0.1, -0.05) is 6.92 Å². The molecule has 0 aliphatic rings. The highest BCUT2D eigenvalue weighted by Crippen LogP contribution is 2.17. The van der Waals surface area contributed by atoms with E-state index in [1.165, 1.54) is 0 Å². The highest BCUT2D eigenvalue weighted by molar-refractivity contribution is 6.05. The van der Waals surface area contributed by atoms with Gasteiger partial charge >= 0.3 is 0 Å². The Balaban J connectivity index is 2.29. The molecule has 0 aliphatic heterocycles. The van der Waals surface area contributed by atoms with Crippen LogP contribution >= 0.6 is 0 Å². The molecule has 19 heavy (non-hydrogen) atoms. The molecule has 0 unspecified atom stereocenters. The van der Waals surface area contributed by atoms with E-state index in [1.54, 1.807) is 42.7 Å². The van der Waals surface area contributed by atoms with Gasteiger partial charge in [0, 0.05) is 26.0 Å². The second-order valence-electron chi connectivity index (χ2n) is 4.43. The number of pyridine rings is 1. The van der Waals surface area contributed by atoms with Crippen LogP contribution in [0.2, 0.25) is 0 Å². The summed E-state index contributed by atoms with van der Waals surface area (Å²) in [4.78, 5) is 18.1. The van der Waals surface area contributed by atoms with Crippen molar-refractivity contribution in [2.45, 2.75) is 19.9 Å². The molecule has 5 nitrogen and oxygen atoms in total. The van der Waals surface area contributed by atoms with Gasteiger partial charge in [-0.15, -0.1) is 0 Å². The summed E-state index contributed by atoms with van der Waals surface area (Å²) in [6.07, 6.45) is 6.09. The molecule has 2 aromatic rings. The van der Waals surface area contributed by atoms with Gasteiger partial charge in [-0.25, -0.2) is 0 Å². The Labute approximate surface area is 112 Å². The highest BCUT2D eigenvalue weighted by atomic mass is 16.2. The number of hydrogen-bond donors (Lipinski definition) is 1. The number of amides is 1. The summed E-state index contributed by atoms with van der Waals surface area (Å²) < 4.78 is 1.89. The van der Waals surface area contributed by atoms with Gasteiger partial charge in [-0.2, -0.15) is 0 Å². The van der Waals surface area contributed by atoms with Crippen molar-refractivity contribution in [3.63, 3.8) is 0 Å². The van der Waals surface area contributed by atoms with Gasteiger partial charge in [0.2, 0.25) is 0 Å². The maximum Gasteiger partial charge on any atom is 0.274 e. The van der Waals surface area contributed by atoms with Crippen molar-refractivity contribution < 1.29 is 4.79 Å². The van der Waals surface area contributed by atoms with Gasteiger partial charge in [0.05, 0.1) is 17.6 Å². The minimum atomic E-state index is -0.0850. The summed E-state index contributed by atoms with van der Waals surface area (Å²) in [7, 11) is 1.73. The van der Waals surface area contributed by atoms with E-state index in [2.05, 4.69) is 11.9 Å². The lowest BCUT2D eigenvalue weighted by Gasteiger charge is -2.17. The van der Waals surface area contributed by atoms with Crippen LogP contribution in [0.3, 0.4) is 0 Å². The lowest BCUT2D eigenvalue weighted by atomic mass is 10.3. The summed E-state index contributed by atoms with van der Waals surface area (Å²) >= 11 is 0. The molecule has 2 N–H and O–H groups in total. The summed E-state index contributed by atoms with van der Waals surface area (Å²) in [5.74, 6) is -0.0850. The first-order valence-electron chi connectivity index (χ1n) is 6.27. The largest absolute Gasteiger partial charge is 0.397 e. The molecule has 5 heteroatoms. The molecule has 2 aromatic heterocycles. The summed E-state index contributed by atoms with van der Waals surface area (Å²) in [5, 5.41) is 0. The standard InChI is InChI=1S/C14H18N4O/c1-3-7-18-10-11(15)8-13(18)14(19)17(2)12-5-4-6-16-9-12/h4-6,8-10H,3,7,15H2,1-2H3. The predicted molar refractivity (Wildman–Crippen MR) is 76.1 cm³/mol. The topological polar surface area (TPSA) is 64.2 Å². The van der Waals surface area contributed by atoms with Crippen LogP contribution in [0.15, 0.2) is 36.8 Å². The quantitative estimate of drug-likeness (QED) is 0.914. The predicted octanol–water partition coefficient (Wildman–Crippen LogP) is 2.15. The van der Waals surface area contributed by atoms with Crippen molar-refractivity contribution in [1.29, 1.82) is 0 Å². The van der Waals surface area contributed by atoms with Crippen LogP contribution in [-0.4, -0.2) is 22.5 Å². The molecule has 0 saturated carbocycles. The zero-order chi connectivity index (χ0) is 13.8. The third-order valence-electron chi connectivity index (χ3n) is 2.94. The lowest BCUT2D eigenvalue weighted by Crippen LogP contribution is -2.28. The summed E-state index contributed by atoms with van der Waals surface area (Å²) in [6, 6.07) is 5.37. The zero-order valence-electron chi connectivity index (χ0n) is 11.2. The first-order valence-corrected chi connectivity index (χ1v) is 6.27. The van der Waals surface area contributed by atoms with E-state index in [0.717, 1.165) is 18.7 Å². The van der Waals surface area contributed by atoms with E-state index in [0.29, 0.717) is 11.4 Å². The highest BCUT2D eigenvalue weighted by Gasteiger charge is 2.18. The van der Waals surface area contributed by atoms with Gasteiger partial charge < -0.3 is 15.2 Å². The molecule has 1 amide bonds. The summed E-state index contributed by atoms with van der Waals surface area (Å²) in [6.45, 7) is 2.84. The monoisotopic (exact) mass is 258 g/mol. The van der Waals surface area contributed by atoms with Crippen LogP contribution in [0.4, 0.5) is 11.4 Å². The van der Waals surface area contributed by atoms with Crippen molar-refractivity contribution in [3.8, 4) is 0 Å². The fraction of sp³-hybridized carbons (Fsp3) is 0.286. The molecule has 0 radical (unpaired) electrons. The molecular weight excluding hydrogens is 240 g/mol. The number of nitrogens with two attached hydrogens (primary N) is 1. The molecule has 0 atom stereocenters. The molecule has 0 bridgehead atoms. The average molecular weight is 258 g/mol. The Kier molecular flexibility index (Phi) is 3.85. The number of carbonyl (C=O) groups is 1. The molecule has 2 heterocycles. The third-order valence-corrected chi connectivity index (χ3v) is 2.94. The molecule has 0 aromatic carbocycles. The Morgan fingerprint density at radius 3 is 2.95 bits per heavy atom. The number of nitrogens with zero attached hydrogens (tertiary/aromatic N) is 3. The van der Waals surface area contributed by atoms with Crippen LogP contribution in [0, 0.1) is 0 Å². The number of carbonyl (C=O) groups excluding carboxylic acids is 1. The van der Waals surface area contributed by atoms with Crippen LogP contribution < -0.4 is 10.6 Å². The van der Waals surface area contributed by atoms with Crippen molar-refractivity contribution in [2.75, 3.05) is 17.7 Å². The van der Waals surface area contributed by atoms with Crippen molar-refractivity contribution in [3.05, 3.63) is 42.5 Å². The molecule has 0 aliphatic carbocycles. The van der Waals surface area contributed by atoms with Crippen molar-refractivity contribution in [2.24, 2.45) is 0 Å². The number of anilines is 2. The number of hydrogen-bond acceptors (Lipinski definition) is 3. The number of nitrogen functional groups attached to an aromatic ring is 1. The van der Waals surface area contributed by atoms with Gasteiger partial charge in [0.25, 0.3) is 5.91 Å². The number of rotatable bonds is 4. The molecule has 0 saturated heterocycles. The van der Waals surface area contributed by atoms with E-state index in [4.69, 9.17) is 5.73 Å². The van der Waals surface area contributed by atoms with Gasteiger partial charge in [0.1, 0.15) is 5.69 Å². The Bertz CT molecular complexity index is 562.